The highest BCUT2D eigenvalue weighted by atomic mass is 16.5. The number of guanidine groups is 2. The molecule has 0 saturated carbocycles. The molecule has 0 unspecified atom stereocenters. The van der Waals surface area contributed by atoms with Crippen LogP contribution in [0.5, 0.6) is 5.75 Å². The topological polar surface area (TPSA) is 625 Å². The number of likely N-dealkylation sites (N-methyl/N-ethyl adjacent to an activating group) is 1. The maximum atomic E-state index is 15.5. The van der Waals surface area contributed by atoms with Gasteiger partial charge in [-0.25, -0.2) is 4.79 Å². The van der Waals surface area contributed by atoms with Gasteiger partial charge in [-0.2, -0.15) is 0 Å². The molecule has 2 saturated heterocycles. The van der Waals surface area contributed by atoms with Gasteiger partial charge in [0.1, 0.15) is 78.4 Å². The van der Waals surface area contributed by atoms with Crippen LogP contribution in [-0.4, -0.2) is 249 Å². The molecule has 0 aromatic heterocycles. The number of aliphatic imine (C=N–C) groups is 2. The number of hydrogen-bond acceptors (Lipinski definition) is 22. The summed E-state index contributed by atoms with van der Waals surface area (Å²) in [5.41, 5.74) is 33.6. The lowest BCUT2D eigenvalue weighted by Gasteiger charge is -2.39. The van der Waals surface area contributed by atoms with E-state index in [2.05, 4.69) is 52.5 Å². The minimum absolute atomic E-state index is 0.00360. The Hall–Kier alpha value is -9.53. The number of hydrogen-bond donors (Lipinski definition) is 19. The first-order chi connectivity index (χ1) is 50.0. The largest absolute Gasteiger partial charge is 0.508 e. The number of primary amides is 2. The van der Waals surface area contributed by atoms with Crippen LogP contribution in [0.4, 0.5) is 0 Å². The number of nitrogens with two attached hydrogens (primary N) is 6. The van der Waals surface area contributed by atoms with Crippen LogP contribution in [0.2, 0.25) is 0 Å². The average molecular weight is 1520 g/mol. The molecule has 602 valence electrons. The van der Waals surface area contributed by atoms with E-state index in [4.69, 9.17) is 43.9 Å². The number of methoxy groups -OCH3 is 1. The predicted molar refractivity (Wildman–Crippen MR) is 389 cm³/mol. The zero-order chi connectivity index (χ0) is 81.0. The molecule has 0 aliphatic carbocycles. The van der Waals surface area contributed by atoms with Crippen LogP contribution in [0.15, 0.2) is 34.3 Å². The van der Waals surface area contributed by atoms with E-state index < -0.39 is 205 Å². The molecule has 1 aromatic carbocycles. The third-order valence-corrected chi connectivity index (χ3v) is 18.6. The van der Waals surface area contributed by atoms with Crippen molar-refractivity contribution in [1.29, 1.82) is 0 Å². The number of piperidine rings is 1. The summed E-state index contributed by atoms with van der Waals surface area (Å²) in [6.45, 7) is 14.9. The van der Waals surface area contributed by atoms with E-state index in [0.717, 1.165) is 23.6 Å². The lowest BCUT2D eigenvalue weighted by molar-refractivity contribution is -0.165. The van der Waals surface area contributed by atoms with Crippen molar-refractivity contribution in [2.75, 3.05) is 33.8 Å². The molecule has 12 amide bonds. The number of aromatic hydroxyl groups is 1. The Bertz CT molecular complexity index is 3260. The van der Waals surface area contributed by atoms with Crippen molar-refractivity contribution in [2.45, 2.75) is 243 Å². The number of fused-ring (bicyclic) bond motifs is 1. The summed E-state index contributed by atoms with van der Waals surface area (Å²) in [7, 11) is 2.41. The number of phenolic OH excluding ortho intramolecular Hbond substituents is 1. The quantitative estimate of drug-likeness (QED) is 0.0133. The molecule has 38 nitrogen and oxygen atoms in total. The van der Waals surface area contributed by atoms with E-state index in [1.165, 1.54) is 59.2 Å². The molecule has 107 heavy (non-hydrogen) atoms. The molecular formula is C69H116N18O20. The number of nitrogens with one attached hydrogen (secondary N) is 8. The Balaban J connectivity index is 2.33. The summed E-state index contributed by atoms with van der Waals surface area (Å²) in [6, 6.07) is -12.1. The standard InChI is InChI=1S/C69H116N18O20/c1-32(2)29-35(6)53(92)36(7)57(95)78-37(8)58(96)79-42(17-15-26-76-68(72)73)54(93)55(94)64(102)82-49(34(5)31-48(71)91)61(99)84-51-39(10)107-67(105)46-19-13-14-28-87(46)66(104)52(56(106-12)40-20-22-41(89)23-21-40)85-60(98)45(24-25-47(70)90)86(11)65(103)44(30-33(3)4)81-59(97)43(18-16-27-77-69(74)75)80-62(100)50(38(9)88)83-63(51)101/h20-23,32-39,42-46,49-56,88-89,92-94H,13-19,24-31H2,1-12H3,(H2,70,90)(H2,71,91)(H,78,95)(H,79,96)(H,80,100)(H,81,97)(H,82,102)(H,83,101)(H,84,99)(H,85,98)(H4,72,73,76)(H4,74,75,77)/t34-,35+,36+,37+,38+,39+,42-,43+,44-,45-,46-,49-,50+,51+,52+,53+,54+,55+,56+/m0/s1. The molecule has 25 N–H and O–H groups in total. The van der Waals surface area contributed by atoms with Crippen LogP contribution in [0, 0.1) is 29.6 Å². The molecule has 0 spiro atoms. The van der Waals surface area contributed by atoms with Gasteiger partial charge < -0.3 is 122 Å². The number of amides is 12. The lowest BCUT2D eigenvalue weighted by Crippen LogP contribution is -2.65. The number of phenols is 1. The molecule has 2 aliphatic heterocycles. The summed E-state index contributed by atoms with van der Waals surface area (Å²) >= 11 is 0. The monoisotopic (exact) mass is 1520 g/mol. The number of rotatable bonds is 34. The molecule has 19 atom stereocenters. The van der Waals surface area contributed by atoms with Crippen LogP contribution >= 0.6 is 0 Å². The first-order valence-corrected chi connectivity index (χ1v) is 35.9. The van der Waals surface area contributed by atoms with Gasteiger partial charge in [-0.05, 0) is 126 Å². The predicted octanol–water partition coefficient (Wildman–Crippen LogP) is -5.16. The summed E-state index contributed by atoms with van der Waals surface area (Å²) < 4.78 is 11.9. The molecule has 2 aliphatic rings. The average Bonchev–Trinajstić information content (AvgIpc) is 0.803. The number of aliphatic hydroxyl groups excluding tert-OH is 4. The fourth-order valence-electron chi connectivity index (χ4n) is 12.7. The van der Waals surface area contributed by atoms with Crippen molar-refractivity contribution in [3.05, 3.63) is 29.8 Å². The van der Waals surface area contributed by atoms with Crippen molar-refractivity contribution in [1.82, 2.24) is 52.3 Å². The summed E-state index contributed by atoms with van der Waals surface area (Å²) in [5.74, 6) is -18.0. The van der Waals surface area contributed by atoms with E-state index in [9.17, 15) is 63.9 Å². The Kier molecular flexibility index (Phi) is 37.6. The van der Waals surface area contributed by atoms with Crippen LogP contribution in [0.3, 0.4) is 0 Å². The smallest absolute Gasteiger partial charge is 0.329 e. The molecular weight excluding hydrogens is 1400 g/mol. The second kappa shape index (κ2) is 43.9. The fraction of sp³-hybridized carbons (Fsp3) is 0.696. The van der Waals surface area contributed by atoms with Gasteiger partial charge in [0.2, 0.25) is 65.0 Å². The molecule has 3 rings (SSSR count). The molecule has 38 heteroatoms. The van der Waals surface area contributed by atoms with Gasteiger partial charge in [0.15, 0.2) is 18.0 Å². The zero-order valence-electron chi connectivity index (χ0n) is 63.2. The molecule has 0 radical (unpaired) electrons. The Morgan fingerprint density at radius 3 is 1.81 bits per heavy atom. The third kappa shape index (κ3) is 28.9. The van der Waals surface area contributed by atoms with Gasteiger partial charge in [-0.1, -0.05) is 60.6 Å². The second-order valence-electron chi connectivity index (χ2n) is 28.6. The zero-order valence-corrected chi connectivity index (χ0v) is 63.2. The highest BCUT2D eigenvalue weighted by molar-refractivity contribution is 5.99. The number of cyclic esters (lactones) is 1. The first kappa shape index (κ1) is 91.7. The Labute approximate surface area is 622 Å². The lowest BCUT2D eigenvalue weighted by atomic mass is 9.87. The summed E-state index contributed by atoms with van der Waals surface area (Å²) in [6.07, 6.45) is -12.5. The van der Waals surface area contributed by atoms with Gasteiger partial charge in [-0.3, -0.25) is 67.5 Å². The van der Waals surface area contributed by atoms with Crippen molar-refractivity contribution >= 4 is 88.8 Å². The number of nitrogens with zero attached hydrogens (tertiary/aromatic N) is 4. The Morgan fingerprint density at radius 1 is 0.654 bits per heavy atom. The highest BCUT2D eigenvalue weighted by Gasteiger charge is 2.46. The number of esters is 1. The number of carbonyl (C=O) groups is 13. The van der Waals surface area contributed by atoms with Crippen molar-refractivity contribution in [3.8, 4) is 5.75 Å². The minimum Gasteiger partial charge on any atom is -0.508 e. The number of ether oxygens (including phenoxy) is 2. The van der Waals surface area contributed by atoms with Crippen molar-refractivity contribution < 1.29 is 97.3 Å². The van der Waals surface area contributed by atoms with E-state index in [-0.39, 0.29) is 112 Å². The highest BCUT2D eigenvalue weighted by Crippen LogP contribution is 2.29. The van der Waals surface area contributed by atoms with E-state index >= 15 is 24.0 Å². The van der Waals surface area contributed by atoms with Crippen LogP contribution in [0.25, 0.3) is 0 Å². The molecule has 2 heterocycles. The summed E-state index contributed by atoms with van der Waals surface area (Å²) in [5, 5.41) is 75.9. The van der Waals surface area contributed by atoms with E-state index in [1.807, 2.05) is 13.8 Å². The van der Waals surface area contributed by atoms with Crippen LogP contribution in [-0.2, 0) is 71.8 Å². The van der Waals surface area contributed by atoms with Crippen molar-refractivity contribution in [3.63, 3.8) is 0 Å². The molecule has 1 aromatic rings. The number of carbonyl (C=O) groups excluding carboxylic acids is 13. The van der Waals surface area contributed by atoms with E-state index in [1.54, 1.807) is 20.8 Å². The first-order valence-electron chi connectivity index (χ1n) is 35.9. The second-order valence-corrected chi connectivity index (χ2v) is 28.6. The van der Waals surface area contributed by atoms with Crippen molar-refractivity contribution in [2.24, 2.45) is 74.0 Å². The van der Waals surface area contributed by atoms with Gasteiger partial charge in [-0.15, -0.1) is 0 Å². The van der Waals surface area contributed by atoms with Gasteiger partial charge in [0.05, 0.1) is 24.2 Å². The summed E-state index contributed by atoms with van der Waals surface area (Å²) in [4.78, 5) is 197. The minimum atomic E-state index is -2.56. The molecule has 0 bridgehead atoms. The van der Waals surface area contributed by atoms with Crippen LogP contribution < -0.4 is 76.9 Å². The SMILES string of the molecule is CO[C@H](c1ccc(O)cc1)[C@H]1NC(=O)[C@H](CCC(N)=O)N(C)C(=O)[C@H](CC(C)C)NC(=O)[C@@H](CCCN=C(N)N)NC(=O)[C@@H]([C@@H](C)O)NC(=O)[C@H](NC(=O)[C@@H](NC(=O)[C@H](O)[C@H](O)[C@H](CCCN=C(N)N)NC(=O)[C@@H](C)NC(=O)[C@H](C)[C@H](O)[C@H](C)CC(C)C)[C@@H](C)CC(N)=O)[C@@H](C)OC(=O)[C@@H]2CCCCN2C1=O. The third-order valence-electron chi connectivity index (χ3n) is 18.6. The Morgan fingerprint density at radius 2 is 1.25 bits per heavy atom. The number of benzene rings is 1. The van der Waals surface area contributed by atoms with E-state index in [0.29, 0.717) is 6.42 Å². The maximum absolute atomic E-state index is 15.5. The maximum Gasteiger partial charge on any atom is 0.329 e. The fourth-order valence-corrected chi connectivity index (χ4v) is 12.7. The van der Waals surface area contributed by atoms with Crippen LogP contribution in [0.1, 0.15) is 158 Å². The van der Waals surface area contributed by atoms with Gasteiger partial charge >= 0.3 is 5.97 Å². The van der Waals surface area contributed by atoms with Gasteiger partial charge in [0, 0.05) is 46.6 Å². The van der Waals surface area contributed by atoms with Gasteiger partial charge in [0.25, 0.3) is 5.91 Å². The number of aliphatic hydroxyl groups is 4. The normalized spacial score (nSPS) is 23.4. The molecule has 2 fully saturated rings.